The highest BCUT2D eigenvalue weighted by Crippen LogP contribution is 2.11. The molecule has 1 aromatic heterocycles. The molecule has 1 N–H and O–H groups in total. The van der Waals surface area contributed by atoms with Gasteiger partial charge in [-0.05, 0) is 24.9 Å². The lowest BCUT2D eigenvalue weighted by molar-refractivity contribution is 0.332. The first kappa shape index (κ1) is 14.7. The predicted octanol–water partition coefficient (Wildman–Crippen LogP) is 2.59. The van der Waals surface area contributed by atoms with Gasteiger partial charge in [-0.3, -0.25) is 0 Å². The van der Waals surface area contributed by atoms with Gasteiger partial charge >= 0.3 is 0 Å². The molecule has 0 saturated carbocycles. The average molecular weight is 301 g/mol. The molecule has 1 fully saturated rings. The van der Waals surface area contributed by atoms with E-state index in [0.29, 0.717) is 6.04 Å². The van der Waals surface area contributed by atoms with E-state index < -0.39 is 0 Å². The van der Waals surface area contributed by atoms with Gasteiger partial charge in [0.15, 0.2) is 0 Å². The van der Waals surface area contributed by atoms with Gasteiger partial charge in [-0.2, -0.15) is 0 Å². The second kappa shape index (κ2) is 7.69. The molecule has 1 aliphatic heterocycles. The number of hydrogen-bond acceptors (Lipinski definition) is 4. The van der Waals surface area contributed by atoms with Crippen LogP contribution in [0.2, 0.25) is 0 Å². The fraction of sp³-hybridized carbons (Fsp3) is 0.471. The summed E-state index contributed by atoms with van der Waals surface area (Å²) in [7, 11) is 0. The third-order valence-corrected chi connectivity index (χ3v) is 4.76. The maximum atomic E-state index is 4.33. The van der Waals surface area contributed by atoms with E-state index in [-0.39, 0.29) is 0 Å². The highest BCUT2D eigenvalue weighted by molar-refractivity contribution is 7.07. The number of rotatable bonds is 7. The lowest BCUT2D eigenvalue weighted by atomic mass is 10.1. The van der Waals surface area contributed by atoms with Crippen LogP contribution in [0.4, 0.5) is 0 Å². The smallest absolute Gasteiger partial charge is 0.0794 e. The summed E-state index contributed by atoms with van der Waals surface area (Å²) in [6, 6.07) is 11.4. The van der Waals surface area contributed by atoms with Crippen molar-refractivity contribution in [2.45, 2.75) is 25.3 Å². The summed E-state index contributed by atoms with van der Waals surface area (Å²) in [5, 5.41) is 5.81. The molecule has 3 rings (SSSR count). The molecule has 1 aromatic carbocycles. The third kappa shape index (κ3) is 4.63. The summed E-state index contributed by atoms with van der Waals surface area (Å²) >= 11 is 1.68. The molecular weight excluding hydrogens is 278 g/mol. The van der Waals surface area contributed by atoms with Crippen molar-refractivity contribution in [1.82, 2.24) is 15.2 Å². The maximum Gasteiger partial charge on any atom is 0.0794 e. The van der Waals surface area contributed by atoms with Gasteiger partial charge in [-0.1, -0.05) is 30.3 Å². The Bertz CT molecular complexity index is 512. The van der Waals surface area contributed by atoms with Crippen LogP contribution in [0.1, 0.15) is 17.7 Å². The van der Waals surface area contributed by atoms with E-state index >= 15 is 0 Å². The van der Waals surface area contributed by atoms with Crippen LogP contribution in [0.5, 0.6) is 0 Å². The Labute approximate surface area is 131 Å². The van der Waals surface area contributed by atoms with E-state index in [9.17, 15) is 0 Å². The Kier molecular flexibility index (Phi) is 5.38. The average Bonchev–Trinajstić information content (AvgIpc) is 3.18. The van der Waals surface area contributed by atoms with Gasteiger partial charge in [0.25, 0.3) is 0 Å². The molecule has 0 amide bonds. The normalized spacial score (nSPS) is 19.1. The zero-order valence-corrected chi connectivity index (χ0v) is 13.2. The second-order valence-corrected chi connectivity index (χ2v) is 6.42. The first-order valence-corrected chi connectivity index (χ1v) is 8.71. The van der Waals surface area contributed by atoms with Crippen molar-refractivity contribution in [3.8, 4) is 0 Å². The van der Waals surface area contributed by atoms with Crippen LogP contribution in [-0.2, 0) is 12.8 Å². The lowest BCUT2D eigenvalue weighted by Gasteiger charge is -2.16. The monoisotopic (exact) mass is 301 g/mol. The third-order valence-electron chi connectivity index (χ3n) is 4.13. The van der Waals surface area contributed by atoms with E-state index in [1.165, 1.54) is 37.3 Å². The molecule has 2 aromatic rings. The molecular formula is C17H23N3S. The molecule has 0 spiro atoms. The molecule has 0 aliphatic carbocycles. The SMILES string of the molecule is c1ccc(CCN2CCC(NCCc3cscn3)C2)cc1. The molecule has 1 aliphatic rings. The molecule has 0 bridgehead atoms. The van der Waals surface area contributed by atoms with Crippen LogP contribution in [0.3, 0.4) is 0 Å². The second-order valence-electron chi connectivity index (χ2n) is 5.71. The Morgan fingerprint density at radius 2 is 2.14 bits per heavy atom. The van der Waals surface area contributed by atoms with E-state index in [0.717, 1.165) is 19.4 Å². The topological polar surface area (TPSA) is 28.2 Å². The zero-order chi connectivity index (χ0) is 14.3. The standard InChI is InChI=1S/C17H23N3S/c1-2-4-15(5-3-1)7-10-20-11-8-16(12-20)18-9-6-17-13-21-14-19-17/h1-5,13-14,16,18H,6-12H2. The molecule has 1 unspecified atom stereocenters. The van der Waals surface area contributed by atoms with Crippen LogP contribution in [0, 0.1) is 0 Å². The minimum atomic E-state index is 0.652. The summed E-state index contributed by atoms with van der Waals surface area (Å²) < 4.78 is 0. The van der Waals surface area contributed by atoms with Gasteiger partial charge < -0.3 is 10.2 Å². The highest BCUT2D eigenvalue weighted by atomic mass is 32.1. The van der Waals surface area contributed by atoms with Gasteiger partial charge in [-0.25, -0.2) is 4.98 Å². The Morgan fingerprint density at radius 3 is 2.95 bits per heavy atom. The number of benzene rings is 1. The van der Waals surface area contributed by atoms with Gasteiger partial charge in [0, 0.05) is 37.5 Å². The summed E-state index contributed by atoms with van der Waals surface area (Å²) in [5.74, 6) is 0. The molecule has 2 heterocycles. The summed E-state index contributed by atoms with van der Waals surface area (Å²) in [6.07, 6.45) is 3.47. The van der Waals surface area contributed by atoms with Crippen molar-refractivity contribution in [3.05, 3.63) is 52.5 Å². The number of thiazole rings is 1. The molecule has 1 atom stereocenters. The molecule has 0 radical (unpaired) electrons. The number of nitrogens with zero attached hydrogens (tertiary/aromatic N) is 2. The first-order chi connectivity index (χ1) is 10.4. The van der Waals surface area contributed by atoms with E-state index in [1.54, 1.807) is 11.3 Å². The van der Waals surface area contributed by atoms with E-state index in [1.807, 2.05) is 5.51 Å². The summed E-state index contributed by atoms with van der Waals surface area (Å²) in [6.45, 7) is 4.63. The van der Waals surface area contributed by atoms with Gasteiger partial charge in [0.05, 0.1) is 11.2 Å². The Morgan fingerprint density at radius 1 is 1.24 bits per heavy atom. The fourth-order valence-electron chi connectivity index (χ4n) is 2.90. The van der Waals surface area contributed by atoms with E-state index in [4.69, 9.17) is 0 Å². The quantitative estimate of drug-likeness (QED) is 0.852. The van der Waals surface area contributed by atoms with E-state index in [2.05, 4.69) is 50.9 Å². The number of likely N-dealkylation sites (tertiary alicyclic amines) is 1. The number of hydrogen-bond donors (Lipinski definition) is 1. The van der Waals surface area contributed by atoms with Crippen LogP contribution in [-0.4, -0.2) is 42.1 Å². The largest absolute Gasteiger partial charge is 0.312 e. The Hall–Kier alpha value is -1.23. The van der Waals surface area contributed by atoms with Gasteiger partial charge in [0.2, 0.25) is 0 Å². The van der Waals surface area contributed by atoms with Crippen LogP contribution < -0.4 is 5.32 Å². The van der Waals surface area contributed by atoms with Crippen molar-refractivity contribution < 1.29 is 0 Å². The Balaban J connectivity index is 1.33. The van der Waals surface area contributed by atoms with Gasteiger partial charge in [0.1, 0.15) is 0 Å². The van der Waals surface area contributed by atoms with Crippen LogP contribution >= 0.6 is 11.3 Å². The van der Waals surface area contributed by atoms with Crippen LogP contribution in [0.15, 0.2) is 41.2 Å². The maximum absolute atomic E-state index is 4.33. The van der Waals surface area contributed by atoms with Crippen molar-refractivity contribution in [2.75, 3.05) is 26.2 Å². The fourth-order valence-corrected chi connectivity index (χ4v) is 3.49. The zero-order valence-electron chi connectivity index (χ0n) is 12.4. The molecule has 112 valence electrons. The minimum absolute atomic E-state index is 0.652. The molecule has 3 nitrogen and oxygen atoms in total. The number of nitrogens with one attached hydrogen (secondary N) is 1. The molecule has 21 heavy (non-hydrogen) atoms. The van der Waals surface area contributed by atoms with Crippen LogP contribution in [0.25, 0.3) is 0 Å². The first-order valence-electron chi connectivity index (χ1n) is 7.77. The van der Waals surface area contributed by atoms with Crippen molar-refractivity contribution in [3.63, 3.8) is 0 Å². The summed E-state index contributed by atoms with van der Waals surface area (Å²) in [5.41, 5.74) is 4.57. The van der Waals surface area contributed by atoms with Crippen molar-refractivity contribution in [1.29, 1.82) is 0 Å². The van der Waals surface area contributed by atoms with Crippen molar-refractivity contribution >= 4 is 11.3 Å². The molecule has 1 saturated heterocycles. The lowest BCUT2D eigenvalue weighted by Crippen LogP contribution is -2.34. The van der Waals surface area contributed by atoms with Gasteiger partial charge in [-0.15, -0.1) is 11.3 Å². The van der Waals surface area contributed by atoms with Crippen molar-refractivity contribution in [2.24, 2.45) is 0 Å². The predicted molar refractivity (Wildman–Crippen MR) is 88.8 cm³/mol. The number of aromatic nitrogens is 1. The highest BCUT2D eigenvalue weighted by Gasteiger charge is 2.21. The minimum Gasteiger partial charge on any atom is -0.312 e. The summed E-state index contributed by atoms with van der Waals surface area (Å²) in [4.78, 5) is 6.90. The molecule has 4 heteroatoms.